The van der Waals surface area contributed by atoms with Gasteiger partial charge in [-0.05, 0) is 26.0 Å². The second-order valence-corrected chi connectivity index (χ2v) is 6.43. The van der Waals surface area contributed by atoms with Crippen molar-refractivity contribution in [3.63, 3.8) is 0 Å². The highest BCUT2D eigenvalue weighted by atomic mass is 16.5. The Balaban J connectivity index is 1.50. The number of amides is 2. The molecule has 2 amide bonds. The monoisotopic (exact) mass is 386 g/mol. The molecule has 0 fully saturated rings. The Kier molecular flexibility index (Phi) is 5.62. The molecule has 0 bridgehead atoms. The molecule has 9 nitrogen and oxygen atoms in total. The summed E-state index contributed by atoms with van der Waals surface area (Å²) in [4.78, 5) is 37.6. The number of ether oxygens (including phenoxy) is 2. The Bertz CT molecular complexity index is 921. The molecule has 1 aromatic carbocycles. The van der Waals surface area contributed by atoms with Crippen molar-refractivity contribution in [2.45, 2.75) is 20.3 Å². The molecule has 3 rings (SSSR count). The molecule has 0 radical (unpaired) electrons. The Hall–Kier alpha value is -3.36. The number of benzene rings is 1. The summed E-state index contributed by atoms with van der Waals surface area (Å²) in [6, 6.07) is 7.12. The van der Waals surface area contributed by atoms with E-state index in [4.69, 9.17) is 9.47 Å². The number of aryl methyl sites for hydroxylation is 2. The first-order chi connectivity index (χ1) is 13.4. The van der Waals surface area contributed by atoms with E-state index >= 15 is 0 Å². The van der Waals surface area contributed by atoms with Crippen LogP contribution in [0.15, 0.2) is 24.3 Å². The summed E-state index contributed by atoms with van der Waals surface area (Å²) in [7, 11) is 1.78. The average molecular weight is 386 g/mol. The van der Waals surface area contributed by atoms with Gasteiger partial charge in [0.05, 0.1) is 29.2 Å². The number of aromatic nitrogens is 2. The van der Waals surface area contributed by atoms with Crippen molar-refractivity contribution in [1.82, 2.24) is 9.78 Å². The zero-order valence-electron chi connectivity index (χ0n) is 16.0. The van der Waals surface area contributed by atoms with E-state index in [0.717, 1.165) is 5.69 Å². The molecule has 1 aliphatic rings. The zero-order chi connectivity index (χ0) is 20.3. The highest BCUT2D eigenvalue weighted by Crippen LogP contribution is 2.31. The van der Waals surface area contributed by atoms with Gasteiger partial charge in [-0.25, -0.2) is 0 Å². The molecule has 1 aromatic heterocycles. The van der Waals surface area contributed by atoms with E-state index in [9.17, 15) is 14.4 Å². The number of rotatable bonds is 6. The summed E-state index contributed by atoms with van der Waals surface area (Å²) >= 11 is 0. The van der Waals surface area contributed by atoms with Crippen molar-refractivity contribution >= 4 is 29.2 Å². The fourth-order valence-electron chi connectivity index (χ4n) is 2.95. The Morgan fingerprint density at radius 1 is 1.29 bits per heavy atom. The number of hydrogen-bond donors (Lipinski definition) is 1. The fraction of sp³-hybridized carbons (Fsp3) is 0.368. The zero-order valence-corrected chi connectivity index (χ0v) is 16.0. The van der Waals surface area contributed by atoms with Gasteiger partial charge in [0.25, 0.3) is 11.8 Å². The van der Waals surface area contributed by atoms with E-state index in [0.29, 0.717) is 22.8 Å². The molecule has 0 unspecified atom stereocenters. The second-order valence-electron chi connectivity index (χ2n) is 6.43. The number of carbonyl (C=O) groups is 3. The number of para-hydroxylation sites is 2. The SMILES string of the molecule is Cc1nn(C)c(C)c1NC(=O)COC(=O)CCN1C(=O)COc2ccccc21. The van der Waals surface area contributed by atoms with Crippen LogP contribution >= 0.6 is 0 Å². The van der Waals surface area contributed by atoms with Crippen LogP contribution < -0.4 is 15.0 Å². The number of anilines is 2. The normalized spacial score (nSPS) is 13.0. The molecule has 2 heterocycles. The van der Waals surface area contributed by atoms with Gasteiger partial charge in [0.2, 0.25) is 0 Å². The van der Waals surface area contributed by atoms with Crippen LogP contribution in [-0.4, -0.2) is 47.3 Å². The van der Waals surface area contributed by atoms with Crippen LogP contribution in [0, 0.1) is 13.8 Å². The van der Waals surface area contributed by atoms with Crippen molar-refractivity contribution in [3.8, 4) is 5.75 Å². The molecule has 1 aliphatic heterocycles. The molecule has 0 spiro atoms. The summed E-state index contributed by atoms with van der Waals surface area (Å²) in [6.45, 7) is 3.30. The molecule has 148 valence electrons. The summed E-state index contributed by atoms with van der Waals surface area (Å²) in [5, 5.41) is 6.91. The number of esters is 1. The van der Waals surface area contributed by atoms with E-state index in [2.05, 4.69) is 10.4 Å². The van der Waals surface area contributed by atoms with Crippen molar-refractivity contribution < 1.29 is 23.9 Å². The van der Waals surface area contributed by atoms with Crippen molar-refractivity contribution in [2.24, 2.45) is 7.05 Å². The van der Waals surface area contributed by atoms with Crippen LogP contribution in [-0.2, 0) is 26.2 Å². The van der Waals surface area contributed by atoms with Crippen LogP contribution in [0.1, 0.15) is 17.8 Å². The molecule has 1 N–H and O–H groups in total. The molecule has 28 heavy (non-hydrogen) atoms. The number of hydrogen-bond acceptors (Lipinski definition) is 6. The third-order valence-electron chi connectivity index (χ3n) is 4.49. The highest BCUT2D eigenvalue weighted by molar-refractivity contribution is 5.98. The molecule has 9 heteroatoms. The lowest BCUT2D eigenvalue weighted by molar-refractivity contribution is -0.147. The number of nitrogens with one attached hydrogen (secondary N) is 1. The van der Waals surface area contributed by atoms with Gasteiger partial charge < -0.3 is 19.7 Å². The first-order valence-corrected chi connectivity index (χ1v) is 8.84. The van der Waals surface area contributed by atoms with Crippen LogP contribution in [0.5, 0.6) is 5.75 Å². The number of nitrogens with zero attached hydrogens (tertiary/aromatic N) is 3. The largest absolute Gasteiger partial charge is 0.482 e. The smallest absolute Gasteiger partial charge is 0.308 e. The predicted molar refractivity (Wildman–Crippen MR) is 101 cm³/mol. The topological polar surface area (TPSA) is 103 Å². The molecule has 2 aromatic rings. The second kappa shape index (κ2) is 8.12. The van der Waals surface area contributed by atoms with Gasteiger partial charge in [0.15, 0.2) is 13.2 Å². The predicted octanol–water partition coefficient (Wildman–Crippen LogP) is 1.33. The molecule has 0 atom stereocenters. The molecule has 0 saturated carbocycles. The molecule has 0 saturated heterocycles. The van der Waals surface area contributed by atoms with Crippen LogP contribution in [0.4, 0.5) is 11.4 Å². The summed E-state index contributed by atoms with van der Waals surface area (Å²) in [5.41, 5.74) is 2.72. The van der Waals surface area contributed by atoms with Gasteiger partial charge in [-0.1, -0.05) is 12.1 Å². The van der Waals surface area contributed by atoms with E-state index in [1.54, 1.807) is 36.9 Å². The summed E-state index contributed by atoms with van der Waals surface area (Å²) in [6.07, 6.45) is -0.0295. The standard InChI is InChI=1S/C19H22N4O5/c1-12-19(13(2)22(3)21-12)20-16(24)10-28-18(26)8-9-23-14-6-4-5-7-15(14)27-11-17(23)25/h4-7H,8-11H2,1-3H3,(H,20,24). The number of carbonyl (C=O) groups excluding carboxylic acids is 3. The first-order valence-electron chi connectivity index (χ1n) is 8.84. The van der Waals surface area contributed by atoms with Crippen molar-refractivity contribution in [3.05, 3.63) is 35.7 Å². The van der Waals surface area contributed by atoms with Crippen molar-refractivity contribution in [2.75, 3.05) is 30.0 Å². The van der Waals surface area contributed by atoms with Gasteiger partial charge in [-0.15, -0.1) is 0 Å². The molecular formula is C19H22N4O5. The summed E-state index contributed by atoms with van der Waals surface area (Å²) < 4.78 is 12.1. The number of fused-ring (bicyclic) bond motifs is 1. The Labute approximate surface area is 162 Å². The fourth-order valence-corrected chi connectivity index (χ4v) is 2.95. The van der Waals surface area contributed by atoms with Crippen LogP contribution in [0.2, 0.25) is 0 Å². The maximum atomic E-state index is 12.1. The van der Waals surface area contributed by atoms with Crippen LogP contribution in [0.3, 0.4) is 0 Å². The van der Waals surface area contributed by atoms with E-state index in [1.807, 2.05) is 13.0 Å². The maximum Gasteiger partial charge on any atom is 0.308 e. The van der Waals surface area contributed by atoms with Gasteiger partial charge in [0.1, 0.15) is 5.75 Å². The third-order valence-corrected chi connectivity index (χ3v) is 4.49. The van der Waals surface area contributed by atoms with Crippen molar-refractivity contribution in [1.29, 1.82) is 0 Å². The van der Waals surface area contributed by atoms with Gasteiger partial charge >= 0.3 is 5.97 Å². The molecule has 0 aliphatic carbocycles. The minimum Gasteiger partial charge on any atom is -0.482 e. The average Bonchev–Trinajstić information content (AvgIpc) is 2.91. The summed E-state index contributed by atoms with van der Waals surface area (Å²) in [5.74, 6) is -0.643. The maximum absolute atomic E-state index is 12.1. The van der Waals surface area contributed by atoms with Gasteiger partial charge in [-0.2, -0.15) is 5.10 Å². The quantitative estimate of drug-likeness (QED) is 0.752. The van der Waals surface area contributed by atoms with Crippen LogP contribution in [0.25, 0.3) is 0 Å². The van der Waals surface area contributed by atoms with E-state index < -0.39 is 18.5 Å². The van der Waals surface area contributed by atoms with E-state index in [-0.39, 0.29) is 25.5 Å². The lowest BCUT2D eigenvalue weighted by atomic mass is 10.2. The minimum atomic E-state index is -0.563. The third kappa shape index (κ3) is 4.13. The Morgan fingerprint density at radius 2 is 2.04 bits per heavy atom. The lowest BCUT2D eigenvalue weighted by Crippen LogP contribution is -2.40. The lowest BCUT2D eigenvalue weighted by Gasteiger charge is -2.28. The first kappa shape index (κ1) is 19.4. The van der Waals surface area contributed by atoms with Gasteiger partial charge in [-0.3, -0.25) is 19.1 Å². The van der Waals surface area contributed by atoms with E-state index in [1.165, 1.54) is 4.90 Å². The minimum absolute atomic E-state index is 0.0295. The Morgan fingerprint density at radius 3 is 2.75 bits per heavy atom. The highest BCUT2D eigenvalue weighted by Gasteiger charge is 2.25. The van der Waals surface area contributed by atoms with Gasteiger partial charge in [0, 0.05) is 13.6 Å². The molecular weight excluding hydrogens is 364 g/mol.